The minimum atomic E-state index is 0.774. The van der Waals surface area contributed by atoms with Crippen LogP contribution in [0, 0.1) is 0 Å². The van der Waals surface area contributed by atoms with Crippen LogP contribution in [0.1, 0.15) is 11.1 Å². The maximum absolute atomic E-state index is 5.20. The molecule has 1 heterocycles. The van der Waals surface area contributed by atoms with Crippen LogP contribution in [0.5, 0.6) is 11.5 Å². The molecular weight excluding hydrogens is 216 g/mol. The second-order valence-electron chi connectivity index (χ2n) is 3.54. The standard InChI is InChI=1S/C14H14O3/c1-15-13-7-12(8-14(9-13)16-2)4-3-11-5-6-17-10-11/h3-10H,1-2H3/b4-3+. The fraction of sp³-hybridized carbons (Fsp3) is 0.143. The van der Waals surface area contributed by atoms with Crippen LogP contribution in [0.2, 0.25) is 0 Å². The zero-order chi connectivity index (χ0) is 12.1. The molecule has 88 valence electrons. The molecule has 0 unspecified atom stereocenters. The van der Waals surface area contributed by atoms with Crippen LogP contribution in [0.4, 0.5) is 0 Å². The van der Waals surface area contributed by atoms with Crippen molar-refractivity contribution in [3.63, 3.8) is 0 Å². The SMILES string of the molecule is COc1cc(/C=C/c2ccoc2)cc(OC)c1. The summed E-state index contributed by atoms with van der Waals surface area (Å²) in [5, 5.41) is 0. The summed E-state index contributed by atoms with van der Waals surface area (Å²) in [5.74, 6) is 1.55. The predicted molar refractivity (Wildman–Crippen MR) is 67.2 cm³/mol. The molecular formula is C14H14O3. The average molecular weight is 230 g/mol. The van der Waals surface area contributed by atoms with Gasteiger partial charge in [0.2, 0.25) is 0 Å². The highest BCUT2D eigenvalue weighted by molar-refractivity contribution is 5.70. The van der Waals surface area contributed by atoms with E-state index in [2.05, 4.69) is 0 Å². The second-order valence-corrected chi connectivity index (χ2v) is 3.54. The summed E-state index contributed by atoms with van der Waals surface area (Å²) in [4.78, 5) is 0. The van der Waals surface area contributed by atoms with Crippen molar-refractivity contribution in [1.29, 1.82) is 0 Å². The summed E-state index contributed by atoms with van der Waals surface area (Å²) in [6, 6.07) is 7.63. The summed E-state index contributed by atoms with van der Waals surface area (Å²) < 4.78 is 15.4. The van der Waals surface area contributed by atoms with Crippen LogP contribution in [-0.2, 0) is 0 Å². The van der Waals surface area contributed by atoms with E-state index in [1.54, 1.807) is 26.7 Å². The fourth-order valence-corrected chi connectivity index (χ4v) is 1.49. The Hall–Kier alpha value is -2.16. The Balaban J connectivity index is 2.25. The molecule has 2 rings (SSSR count). The van der Waals surface area contributed by atoms with Crippen LogP contribution >= 0.6 is 0 Å². The molecule has 0 N–H and O–H groups in total. The zero-order valence-electron chi connectivity index (χ0n) is 9.84. The number of rotatable bonds is 4. The molecule has 0 atom stereocenters. The molecule has 0 amide bonds. The van der Waals surface area contributed by atoms with Gasteiger partial charge >= 0.3 is 0 Å². The third kappa shape index (κ3) is 2.91. The predicted octanol–water partition coefficient (Wildman–Crippen LogP) is 3.47. The molecule has 0 radical (unpaired) electrons. The Bertz CT molecular complexity index is 476. The smallest absolute Gasteiger partial charge is 0.123 e. The number of hydrogen-bond donors (Lipinski definition) is 0. The van der Waals surface area contributed by atoms with Gasteiger partial charge in [0, 0.05) is 11.6 Å². The van der Waals surface area contributed by atoms with Crippen molar-refractivity contribution in [1.82, 2.24) is 0 Å². The number of benzene rings is 1. The van der Waals surface area contributed by atoms with E-state index in [-0.39, 0.29) is 0 Å². The lowest BCUT2D eigenvalue weighted by molar-refractivity contribution is 0.394. The van der Waals surface area contributed by atoms with Gasteiger partial charge in [-0.1, -0.05) is 12.2 Å². The highest BCUT2D eigenvalue weighted by atomic mass is 16.5. The highest BCUT2D eigenvalue weighted by Gasteiger charge is 1.99. The maximum atomic E-state index is 5.20. The Labute approximate surface area is 100 Å². The highest BCUT2D eigenvalue weighted by Crippen LogP contribution is 2.23. The Morgan fingerprint density at radius 2 is 1.59 bits per heavy atom. The molecule has 17 heavy (non-hydrogen) atoms. The van der Waals surface area contributed by atoms with Gasteiger partial charge < -0.3 is 13.9 Å². The van der Waals surface area contributed by atoms with Gasteiger partial charge in [0.05, 0.1) is 26.7 Å². The van der Waals surface area contributed by atoms with E-state index in [4.69, 9.17) is 13.9 Å². The van der Waals surface area contributed by atoms with E-state index in [1.165, 1.54) is 0 Å². The quantitative estimate of drug-likeness (QED) is 0.806. The topological polar surface area (TPSA) is 31.6 Å². The monoisotopic (exact) mass is 230 g/mol. The van der Waals surface area contributed by atoms with Crippen LogP contribution in [0.3, 0.4) is 0 Å². The molecule has 0 saturated carbocycles. The third-order valence-electron chi connectivity index (χ3n) is 2.39. The molecule has 0 fully saturated rings. The van der Waals surface area contributed by atoms with Gasteiger partial charge in [0.1, 0.15) is 11.5 Å². The average Bonchev–Trinajstić information content (AvgIpc) is 2.89. The molecule has 0 bridgehead atoms. The summed E-state index contributed by atoms with van der Waals surface area (Å²) in [6.45, 7) is 0. The Morgan fingerprint density at radius 1 is 0.941 bits per heavy atom. The van der Waals surface area contributed by atoms with Crippen molar-refractivity contribution in [3.05, 3.63) is 47.9 Å². The van der Waals surface area contributed by atoms with Gasteiger partial charge in [-0.15, -0.1) is 0 Å². The number of ether oxygens (including phenoxy) is 2. The first-order valence-electron chi connectivity index (χ1n) is 5.25. The Kier molecular flexibility index (Phi) is 3.50. The Morgan fingerprint density at radius 3 is 2.12 bits per heavy atom. The van der Waals surface area contributed by atoms with Crippen LogP contribution in [0.25, 0.3) is 12.2 Å². The summed E-state index contributed by atoms with van der Waals surface area (Å²) in [5.41, 5.74) is 2.04. The lowest BCUT2D eigenvalue weighted by Gasteiger charge is -2.05. The molecule has 0 spiro atoms. The lowest BCUT2D eigenvalue weighted by Crippen LogP contribution is -1.87. The van der Waals surface area contributed by atoms with E-state index in [9.17, 15) is 0 Å². The maximum Gasteiger partial charge on any atom is 0.123 e. The summed E-state index contributed by atoms with van der Waals surface area (Å²) in [7, 11) is 3.27. The van der Waals surface area contributed by atoms with E-state index in [0.29, 0.717) is 0 Å². The molecule has 3 heteroatoms. The molecule has 2 aromatic rings. The first-order valence-corrected chi connectivity index (χ1v) is 5.25. The molecule has 0 saturated heterocycles. The minimum absolute atomic E-state index is 0.774. The number of hydrogen-bond acceptors (Lipinski definition) is 3. The molecule has 0 aliphatic rings. The van der Waals surface area contributed by atoms with Gasteiger partial charge in [-0.3, -0.25) is 0 Å². The van der Waals surface area contributed by atoms with Crippen molar-refractivity contribution in [2.24, 2.45) is 0 Å². The molecule has 0 aliphatic heterocycles. The minimum Gasteiger partial charge on any atom is -0.497 e. The van der Waals surface area contributed by atoms with Crippen LogP contribution in [-0.4, -0.2) is 14.2 Å². The summed E-state index contributed by atoms with van der Waals surface area (Å²) >= 11 is 0. The van der Waals surface area contributed by atoms with Gasteiger partial charge in [-0.05, 0) is 23.8 Å². The van der Waals surface area contributed by atoms with Gasteiger partial charge in [-0.2, -0.15) is 0 Å². The number of methoxy groups -OCH3 is 2. The van der Waals surface area contributed by atoms with Crippen molar-refractivity contribution in [2.45, 2.75) is 0 Å². The van der Waals surface area contributed by atoms with Gasteiger partial charge in [0.15, 0.2) is 0 Å². The molecule has 0 aliphatic carbocycles. The summed E-state index contributed by atoms with van der Waals surface area (Å²) in [6.07, 6.45) is 7.29. The van der Waals surface area contributed by atoms with Crippen molar-refractivity contribution in [3.8, 4) is 11.5 Å². The van der Waals surface area contributed by atoms with Crippen molar-refractivity contribution in [2.75, 3.05) is 14.2 Å². The van der Waals surface area contributed by atoms with E-state index in [0.717, 1.165) is 22.6 Å². The largest absolute Gasteiger partial charge is 0.497 e. The first-order chi connectivity index (χ1) is 8.31. The number of furan rings is 1. The zero-order valence-corrected chi connectivity index (χ0v) is 9.84. The van der Waals surface area contributed by atoms with Gasteiger partial charge in [-0.25, -0.2) is 0 Å². The first kappa shape index (κ1) is 11.3. The van der Waals surface area contributed by atoms with Gasteiger partial charge in [0.25, 0.3) is 0 Å². The molecule has 1 aromatic carbocycles. The van der Waals surface area contributed by atoms with E-state index < -0.39 is 0 Å². The van der Waals surface area contributed by atoms with E-state index in [1.807, 2.05) is 36.4 Å². The van der Waals surface area contributed by atoms with Crippen LogP contribution < -0.4 is 9.47 Å². The van der Waals surface area contributed by atoms with Crippen LogP contribution in [0.15, 0.2) is 41.2 Å². The van der Waals surface area contributed by atoms with Crippen molar-refractivity contribution < 1.29 is 13.9 Å². The van der Waals surface area contributed by atoms with Crippen molar-refractivity contribution >= 4 is 12.2 Å². The lowest BCUT2D eigenvalue weighted by atomic mass is 10.1. The molecule has 3 nitrogen and oxygen atoms in total. The third-order valence-corrected chi connectivity index (χ3v) is 2.39. The second kappa shape index (κ2) is 5.25. The van der Waals surface area contributed by atoms with E-state index >= 15 is 0 Å². The fourth-order valence-electron chi connectivity index (χ4n) is 1.49. The normalized spacial score (nSPS) is 10.7. The molecule has 1 aromatic heterocycles.